The summed E-state index contributed by atoms with van der Waals surface area (Å²) in [6.07, 6.45) is 7.31. The van der Waals surface area contributed by atoms with Gasteiger partial charge in [0.2, 0.25) is 5.91 Å². The second-order valence-electron chi connectivity index (χ2n) is 6.39. The fraction of sp³-hybridized carbons (Fsp3) is 0.588. The Labute approximate surface area is 161 Å². The van der Waals surface area contributed by atoms with Gasteiger partial charge in [-0.15, -0.1) is 24.8 Å². The van der Waals surface area contributed by atoms with Crippen LogP contribution in [0.25, 0.3) is 0 Å². The molecule has 25 heavy (non-hydrogen) atoms. The lowest BCUT2D eigenvalue weighted by atomic mass is 9.97. The Kier molecular flexibility index (Phi) is 9.17. The Bertz CT molecular complexity index is 553. The highest BCUT2D eigenvalue weighted by Crippen LogP contribution is 2.18. The molecular formula is C17H26Cl2N4O2. The average molecular weight is 389 g/mol. The van der Waals surface area contributed by atoms with E-state index in [-0.39, 0.29) is 42.7 Å². The molecular weight excluding hydrogens is 363 g/mol. The predicted molar refractivity (Wildman–Crippen MR) is 101 cm³/mol. The van der Waals surface area contributed by atoms with Crippen LogP contribution in [0.1, 0.15) is 36.0 Å². The van der Waals surface area contributed by atoms with Crippen LogP contribution >= 0.6 is 24.8 Å². The molecule has 8 heteroatoms. The molecule has 2 atom stereocenters. The molecule has 1 aromatic rings. The van der Waals surface area contributed by atoms with Crippen molar-refractivity contribution in [1.29, 1.82) is 0 Å². The summed E-state index contributed by atoms with van der Waals surface area (Å²) < 4.78 is 0. The molecule has 3 heterocycles. The van der Waals surface area contributed by atoms with E-state index in [0.29, 0.717) is 24.6 Å². The lowest BCUT2D eigenvalue weighted by molar-refractivity contribution is -0.123. The standard InChI is InChI=1S/C17H24N4O2.2ClH/c22-16(15-4-1-7-19-15)20-11-13-3-2-10-21(12-13)17(23)14-5-8-18-9-6-14;;/h5-6,8-9,13,15,19H,1-4,7,10-12H2,(H,20,22);2*1H. The van der Waals surface area contributed by atoms with Gasteiger partial charge in [-0.2, -0.15) is 0 Å². The number of rotatable bonds is 4. The van der Waals surface area contributed by atoms with E-state index >= 15 is 0 Å². The summed E-state index contributed by atoms with van der Waals surface area (Å²) in [5.41, 5.74) is 0.680. The Hall–Kier alpha value is -1.37. The minimum atomic E-state index is -0.0341. The molecule has 0 bridgehead atoms. The van der Waals surface area contributed by atoms with Gasteiger partial charge < -0.3 is 15.5 Å². The number of piperidine rings is 1. The maximum atomic E-state index is 12.5. The lowest BCUT2D eigenvalue weighted by Gasteiger charge is -2.33. The molecule has 2 amide bonds. The minimum absolute atomic E-state index is 0. The third-order valence-corrected chi connectivity index (χ3v) is 4.68. The summed E-state index contributed by atoms with van der Waals surface area (Å²) in [5.74, 6) is 0.487. The summed E-state index contributed by atoms with van der Waals surface area (Å²) in [4.78, 5) is 30.4. The van der Waals surface area contributed by atoms with Crippen molar-refractivity contribution in [3.05, 3.63) is 30.1 Å². The number of hydrogen-bond acceptors (Lipinski definition) is 4. The van der Waals surface area contributed by atoms with E-state index in [1.165, 1.54) is 0 Å². The third-order valence-electron chi connectivity index (χ3n) is 4.68. The van der Waals surface area contributed by atoms with Crippen molar-refractivity contribution in [1.82, 2.24) is 20.5 Å². The van der Waals surface area contributed by atoms with Crippen molar-refractivity contribution in [2.75, 3.05) is 26.2 Å². The summed E-state index contributed by atoms with van der Waals surface area (Å²) in [7, 11) is 0. The number of nitrogens with one attached hydrogen (secondary N) is 2. The first-order valence-corrected chi connectivity index (χ1v) is 8.44. The SMILES string of the molecule is Cl.Cl.O=C(NCC1CCCN(C(=O)c2ccncc2)C1)C1CCCN1. The Morgan fingerprint density at radius 3 is 2.64 bits per heavy atom. The van der Waals surface area contributed by atoms with Crippen molar-refractivity contribution >= 4 is 36.6 Å². The maximum absolute atomic E-state index is 12.5. The van der Waals surface area contributed by atoms with Gasteiger partial charge in [-0.05, 0) is 50.3 Å². The smallest absolute Gasteiger partial charge is 0.253 e. The van der Waals surface area contributed by atoms with Crippen molar-refractivity contribution in [3.63, 3.8) is 0 Å². The fourth-order valence-corrected chi connectivity index (χ4v) is 3.37. The molecule has 2 aliphatic rings. The van der Waals surface area contributed by atoms with E-state index < -0.39 is 0 Å². The Balaban J connectivity index is 0.00000156. The molecule has 2 saturated heterocycles. The second kappa shape index (κ2) is 10.6. The Morgan fingerprint density at radius 1 is 1.20 bits per heavy atom. The van der Waals surface area contributed by atoms with Crippen LogP contribution in [0, 0.1) is 5.92 Å². The molecule has 0 saturated carbocycles. The number of likely N-dealkylation sites (tertiary alicyclic amines) is 1. The molecule has 3 rings (SSSR count). The van der Waals surface area contributed by atoms with Gasteiger partial charge in [0, 0.05) is 37.6 Å². The number of nitrogens with zero attached hydrogens (tertiary/aromatic N) is 2. The number of carbonyl (C=O) groups is 2. The van der Waals surface area contributed by atoms with Crippen LogP contribution in [0.3, 0.4) is 0 Å². The number of amides is 2. The van der Waals surface area contributed by atoms with Crippen LogP contribution in [0.2, 0.25) is 0 Å². The molecule has 0 radical (unpaired) electrons. The zero-order chi connectivity index (χ0) is 16.1. The summed E-state index contributed by atoms with van der Waals surface area (Å²) >= 11 is 0. The lowest BCUT2D eigenvalue weighted by Crippen LogP contribution is -2.46. The van der Waals surface area contributed by atoms with Gasteiger partial charge >= 0.3 is 0 Å². The summed E-state index contributed by atoms with van der Waals surface area (Å²) in [5, 5.41) is 6.25. The van der Waals surface area contributed by atoms with Gasteiger partial charge in [-0.25, -0.2) is 0 Å². The van der Waals surface area contributed by atoms with Gasteiger partial charge in [0.25, 0.3) is 5.91 Å². The first-order valence-electron chi connectivity index (χ1n) is 8.44. The maximum Gasteiger partial charge on any atom is 0.253 e. The molecule has 2 unspecified atom stereocenters. The topological polar surface area (TPSA) is 74.3 Å². The van der Waals surface area contributed by atoms with E-state index in [9.17, 15) is 9.59 Å². The van der Waals surface area contributed by atoms with Crippen LogP contribution in [-0.2, 0) is 4.79 Å². The summed E-state index contributed by atoms with van der Waals surface area (Å²) in [6.45, 7) is 3.07. The van der Waals surface area contributed by atoms with Crippen LogP contribution in [0.15, 0.2) is 24.5 Å². The predicted octanol–water partition coefficient (Wildman–Crippen LogP) is 1.65. The molecule has 0 aliphatic carbocycles. The number of aromatic nitrogens is 1. The minimum Gasteiger partial charge on any atom is -0.354 e. The molecule has 1 aromatic heterocycles. The highest BCUT2D eigenvalue weighted by molar-refractivity contribution is 5.94. The van der Waals surface area contributed by atoms with Crippen LogP contribution in [-0.4, -0.2) is 53.9 Å². The van der Waals surface area contributed by atoms with Crippen molar-refractivity contribution in [2.45, 2.75) is 31.7 Å². The fourth-order valence-electron chi connectivity index (χ4n) is 3.37. The van der Waals surface area contributed by atoms with Crippen molar-refractivity contribution < 1.29 is 9.59 Å². The second-order valence-corrected chi connectivity index (χ2v) is 6.39. The molecule has 0 spiro atoms. The molecule has 0 aromatic carbocycles. The van der Waals surface area contributed by atoms with Crippen molar-refractivity contribution in [3.8, 4) is 0 Å². The van der Waals surface area contributed by atoms with E-state index in [2.05, 4.69) is 15.6 Å². The highest BCUT2D eigenvalue weighted by atomic mass is 35.5. The summed E-state index contributed by atoms with van der Waals surface area (Å²) in [6, 6.07) is 3.46. The highest BCUT2D eigenvalue weighted by Gasteiger charge is 2.26. The van der Waals surface area contributed by atoms with Crippen LogP contribution in [0.5, 0.6) is 0 Å². The monoisotopic (exact) mass is 388 g/mol. The van der Waals surface area contributed by atoms with Crippen LogP contribution < -0.4 is 10.6 Å². The van der Waals surface area contributed by atoms with Gasteiger partial charge in [0.1, 0.15) is 0 Å². The van der Waals surface area contributed by atoms with Gasteiger partial charge in [-0.1, -0.05) is 0 Å². The van der Waals surface area contributed by atoms with Gasteiger partial charge in [0.05, 0.1) is 6.04 Å². The molecule has 2 fully saturated rings. The zero-order valence-corrected chi connectivity index (χ0v) is 15.8. The Morgan fingerprint density at radius 2 is 1.96 bits per heavy atom. The van der Waals surface area contributed by atoms with Gasteiger partial charge in [0.15, 0.2) is 0 Å². The quantitative estimate of drug-likeness (QED) is 0.821. The normalized spacial score (nSPS) is 22.5. The average Bonchev–Trinajstić information content (AvgIpc) is 3.15. The number of pyridine rings is 1. The molecule has 2 N–H and O–H groups in total. The molecule has 6 nitrogen and oxygen atoms in total. The molecule has 2 aliphatic heterocycles. The first-order chi connectivity index (χ1) is 11.2. The van der Waals surface area contributed by atoms with E-state index in [0.717, 1.165) is 38.8 Å². The first kappa shape index (κ1) is 21.7. The van der Waals surface area contributed by atoms with E-state index in [1.807, 2.05) is 4.90 Å². The zero-order valence-electron chi connectivity index (χ0n) is 14.1. The van der Waals surface area contributed by atoms with Crippen molar-refractivity contribution in [2.24, 2.45) is 5.92 Å². The number of carbonyl (C=O) groups excluding carboxylic acids is 2. The number of halogens is 2. The van der Waals surface area contributed by atoms with Crippen LogP contribution in [0.4, 0.5) is 0 Å². The van der Waals surface area contributed by atoms with Gasteiger partial charge in [-0.3, -0.25) is 14.6 Å². The van der Waals surface area contributed by atoms with E-state index in [4.69, 9.17) is 0 Å². The van der Waals surface area contributed by atoms with E-state index in [1.54, 1.807) is 24.5 Å². The molecule has 140 valence electrons. The third kappa shape index (κ3) is 5.83. The largest absolute Gasteiger partial charge is 0.354 e. The number of hydrogen-bond donors (Lipinski definition) is 2.